The second-order valence-electron chi connectivity index (χ2n) is 5.57. The molecule has 2 aliphatic rings. The van der Waals surface area contributed by atoms with Gasteiger partial charge in [0, 0.05) is 12.6 Å². The van der Waals surface area contributed by atoms with Gasteiger partial charge >= 0.3 is 0 Å². The third kappa shape index (κ3) is 2.94. The number of piperidine rings is 2. The number of rotatable bonds is 2. The molecule has 0 radical (unpaired) electrons. The zero-order valence-corrected chi connectivity index (χ0v) is 10.3. The minimum atomic E-state index is 0.815. The number of nitrogens with zero attached hydrogens (tertiary/aromatic N) is 1. The van der Waals surface area contributed by atoms with E-state index in [1.165, 1.54) is 51.9 Å². The summed E-state index contributed by atoms with van der Waals surface area (Å²) in [6, 6.07) is 0.815. The van der Waals surface area contributed by atoms with Gasteiger partial charge in [0.05, 0.1) is 0 Å². The van der Waals surface area contributed by atoms with Crippen molar-refractivity contribution in [2.45, 2.75) is 45.6 Å². The fraction of sp³-hybridized carbons (Fsp3) is 1.00. The minimum absolute atomic E-state index is 0.815. The summed E-state index contributed by atoms with van der Waals surface area (Å²) in [7, 11) is 0. The largest absolute Gasteiger partial charge is 0.317 e. The summed E-state index contributed by atoms with van der Waals surface area (Å²) in [5, 5.41) is 3.46. The second-order valence-corrected chi connectivity index (χ2v) is 5.57. The van der Waals surface area contributed by atoms with Gasteiger partial charge in [-0.3, -0.25) is 0 Å². The molecule has 2 nitrogen and oxygen atoms in total. The summed E-state index contributed by atoms with van der Waals surface area (Å²) in [6.45, 7) is 10.0. The Morgan fingerprint density at radius 3 is 2.60 bits per heavy atom. The molecule has 2 aliphatic heterocycles. The molecular formula is C13H26N2. The van der Waals surface area contributed by atoms with Crippen LogP contribution in [0.2, 0.25) is 0 Å². The van der Waals surface area contributed by atoms with Crippen LogP contribution in [-0.2, 0) is 0 Å². The Balaban J connectivity index is 1.85. The van der Waals surface area contributed by atoms with Crippen LogP contribution in [0.4, 0.5) is 0 Å². The maximum absolute atomic E-state index is 3.46. The van der Waals surface area contributed by atoms with E-state index in [9.17, 15) is 0 Å². The van der Waals surface area contributed by atoms with Gasteiger partial charge in [-0.1, -0.05) is 6.92 Å². The lowest BCUT2D eigenvalue weighted by Crippen LogP contribution is -2.46. The van der Waals surface area contributed by atoms with E-state index in [2.05, 4.69) is 24.1 Å². The molecule has 0 amide bonds. The Morgan fingerprint density at radius 1 is 1.20 bits per heavy atom. The van der Waals surface area contributed by atoms with Crippen molar-refractivity contribution in [3.63, 3.8) is 0 Å². The van der Waals surface area contributed by atoms with Crippen molar-refractivity contribution in [1.29, 1.82) is 0 Å². The highest BCUT2D eigenvalue weighted by molar-refractivity contribution is 4.82. The lowest BCUT2D eigenvalue weighted by molar-refractivity contribution is 0.0895. The van der Waals surface area contributed by atoms with Crippen LogP contribution < -0.4 is 5.32 Å². The molecule has 2 saturated heterocycles. The Labute approximate surface area is 94.4 Å². The summed E-state index contributed by atoms with van der Waals surface area (Å²) < 4.78 is 0. The SMILES string of the molecule is CC1CCCN(C(C)C2CCNCC2)C1. The van der Waals surface area contributed by atoms with Crippen LogP contribution in [-0.4, -0.2) is 37.1 Å². The standard InChI is InChI=1S/C13H26N2/c1-11-4-3-9-15(10-11)12(2)13-5-7-14-8-6-13/h11-14H,3-10H2,1-2H3. The van der Waals surface area contributed by atoms with Crippen molar-refractivity contribution in [3.05, 3.63) is 0 Å². The van der Waals surface area contributed by atoms with Crippen LogP contribution in [0.1, 0.15) is 39.5 Å². The molecule has 15 heavy (non-hydrogen) atoms. The maximum atomic E-state index is 3.46. The normalized spacial score (nSPS) is 32.8. The molecular weight excluding hydrogens is 184 g/mol. The van der Waals surface area contributed by atoms with E-state index in [0.29, 0.717) is 0 Å². The first kappa shape index (κ1) is 11.4. The highest BCUT2D eigenvalue weighted by Crippen LogP contribution is 2.25. The van der Waals surface area contributed by atoms with Crippen LogP contribution in [0.25, 0.3) is 0 Å². The molecule has 2 heteroatoms. The zero-order valence-electron chi connectivity index (χ0n) is 10.3. The average Bonchev–Trinajstić information content (AvgIpc) is 2.29. The van der Waals surface area contributed by atoms with Crippen molar-refractivity contribution in [3.8, 4) is 0 Å². The van der Waals surface area contributed by atoms with Gasteiger partial charge < -0.3 is 10.2 Å². The number of likely N-dealkylation sites (tertiary alicyclic amines) is 1. The molecule has 0 aromatic heterocycles. The fourth-order valence-corrected chi connectivity index (χ4v) is 3.22. The van der Waals surface area contributed by atoms with Gasteiger partial charge in [0.2, 0.25) is 0 Å². The third-order valence-corrected chi connectivity index (χ3v) is 4.33. The molecule has 1 N–H and O–H groups in total. The lowest BCUT2D eigenvalue weighted by atomic mass is 9.88. The molecule has 0 bridgehead atoms. The number of hydrogen-bond acceptors (Lipinski definition) is 2. The van der Waals surface area contributed by atoms with Crippen molar-refractivity contribution in [2.24, 2.45) is 11.8 Å². The molecule has 0 aliphatic carbocycles. The van der Waals surface area contributed by atoms with E-state index in [0.717, 1.165) is 17.9 Å². The minimum Gasteiger partial charge on any atom is -0.317 e. The highest BCUT2D eigenvalue weighted by atomic mass is 15.2. The van der Waals surface area contributed by atoms with E-state index >= 15 is 0 Å². The van der Waals surface area contributed by atoms with E-state index in [1.54, 1.807) is 0 Å². The Hall–Kier alpha value is -0.0800. The van der Waals surface area contributed by atoms with Gasteiger partial charge in [0.25, 0.3) is 0 Å². The predicted molar refractivity (Wildman–Crippen MR) is 65.0 cm³/mol. The summed E-state index contributed by atoms with van der Waals surface area (Å²) >= 11 is 0. The van der Waals surface area contributed by atoms with Gasteiger partial charge in [-0.25, -0.2) is 0 Å². The molecule has 0 spiro atoms. The molecule has 0 aromatic rings. The molecule has 2 fully saturated rings. The molecule has 2 rings (SSSR count). The second kappa shape index (κ2) is 5.31. The lowest BCUT2D eigenvalue weighted by Gasteiger charge is -2.40. The average molecular weight is 210 g/mol. The quantitative estimate of drug-likeness (QED) is 0.751. The van der Waals surface area contributed by atoms with Crippen LogP contribution >= 0.6 is 0 Å². The Bertz CT molecular complexity index is 187. The van der Waals surface area contributed by atoms with Crippen LogP contribution in [0.5, 0.6) is 0 Å². The van der Waals surface area contributed by atoms with E-state index in [1.807, 2.05) is 0 Å². The van der Waals surface area contributed by atoms with Crippen molar-refractivity contribution in [2.75, 3.05) is 26.2 Å². The van der Waals surface area contributed by atoms with Gasteiger partial charge in [-0.2, -0.15) is 0 Å². The summed E-state index contributed by atoms with van der Waals surface area (Å²) in [5.74, 6) is 1.86. The smallest absolute Gasteiger partial charge is 0.00962 e. The first-order chi connectivity index (χ1) is 7.27. The van der Waals surface area contributed by atoms with Crippen molar-refractivity contribution in [1.82, 2.24) is 10.2 Å². The summed E-state index contributed by atoms with van der Waals surface area (Å²) in [4.78, 5) is 2.74. The van der Waals surface area contributed by atoms with E-state index in [-0.39, 0.29) is 0 Å². The number of hydrogen-bond donors (Lipinski definition) is 1. The predicted octanol–water partition coefficient (Wildman–Crippen LogP) is 2.11. The molecule has 2 atom stereocenters. The summed E-state index contributed by atoms with van der Waals surface area (Å²) in [5.41, 5.74) is 0. The molecule has 0 aromatic carbocycles. The molecule has 2 unspecified atom stereocenters. The maximum Gasteiger partial charge on any atom is 0.00962 e. The zero-order chi connectivity index (χ0) is 10.7. The topological polar surface area (TPSA) is 15.3 Å². The van der Waals surface area contributed by atoms with Crippen LogP contribution in [0.15, 0.2) is 0 Å². The summed E-state index contributed by atoms with van der Waals surface area (Å²) in [6.07, 6.45) is 5.62. The Kier molecular flexibility index (Phi) is 4.04. The fourth-order valence-electron chi connectivity index (χ4n) is 3.22. The Morgan fingerprint density at radius 2 is 1.93 bits per heavy atom. The molecule has 88 valence electrons. The van der Waals surface area contributed by atoms with Crippen LogP contribution in [0, 0.1) is 11.8 Å². The van der Waals surface area contributed by atoms with E-state index < -0.39 is 0 Å². The van der Waals surface area contributed by atoms with Gasteiger partial charge in [0.15, 0.2) is 0 Å². The molecule has 0 saturated carbocycles. The number of nitrogens with one attached hydrogen (secondary N) is 1. The van der Waals surface area contributed by atoms with Crippen molar-refractivity contribution >= 4 is 0 Å². The van der Waals surface area contributed by atoms with Gasteiger partial charge in [0.1, 0.15) is 0 Å². The first-order valence-electron chi connectivity index (χ1n) is 6.72. The van der Waals surface area contributed by atoms with Gasteiger partial charge in [-0.15, -0.1) is 0 Å². The van der Waals surface area contributed by atoms with Crippen LogP contribution in [0.3, 0.4) is 0 Å². The van der Waals surface area contributed by atoms with Crippen molar-refractivity contribution < 1.29 is 0 Å². The first-order valence-corrected chi connectivity index (χ1v) is 6.72. The molecule has 2 heterocycles. The monoisotopic (exact) mass is 210 g/mol. The van der Waals surface area contributed by atoms with Gasteiger partial charge in [-0.05, 0) is 64.1 Å². The van der Waals surface area contributed by atoms with E-state index in [4.69, 9.17) is 0 Å². The highest BCUT2D eigenvalue weighted by Gasteiger charge is 2.27. The third-order valence-electron chi connectivity index (χ3n) is 4.33.